The summed E-state index contributed by atoms with van der Waals surface area (Å²) in [4.78, 5) is 10.8. The first kappa shape index (κ1) is 30.6. The largest absolute Gasteiger partial charge is 0.497 e. The van der Waals surface area contributed by atoms with Gasteiger partial charge < -0.3 is 19.3 Å². The molecule has 3 aromatic carbocycles. The summed E-state index contributed by atoms with van der Waals surface area (Å²) in [6, 6.07) is 17.8. The van der Waals surface area contributed by atoms with Crippen molar-refractivity contribution in [1.82, 2.24) is 0 Å². The van der Waals surface area contributed by atoms with Gasteiger partial charge in [-0.15, -0.1) is 0 Å². The lowest BCUT2D eigenvalue weighted by molar-refractivity contribution is -0.136. The van der Waals surface area contributed by atoms with Crippen molar-refractivity contribution in [2.24, 2.45) is 0 Å². The molecular formula is C32H39FO5. The average molecular weight is 523 g/mol. The molecule has 0 saturated carbocycles. The molecule has 0 unspecified atom stereocenters. The van der Waals surface area contributed by atoms with Crippen LogP contribution in [0.5, 0.6) is 11.5 Å². The van der Waals surface area contributed by atoms with Crippen molar-refractivity contribution in [3.05, 3.63) is 94.8 Å². The molecule has 3 rings (SSSR count). The number of hydrogen-bond donors (Lipinski definition) is 1. The molecule has 0 atom stereocenters. The summed E-state index contributed by atoms with van der Waals surface area (Å²) in [5.74, 6) is 0.0758. The van der Waals surface area contributed by atoms with Gasteiger partial charge in [-0.3, -0.25) is 4.79 Å². The van der Waals surface area contributed by atoms with Crippen molar-refractivity contribution in [1.29, 1.82) is 0 Å². The molecule has 0 aliphatic heterocycles. The highest BCUT2D eigenvalue weighted by atomic mass is 19.1. The Balaban J connectivity index is 0.00000161. The van der Waals surface area contributed by atoms with Gasteiger partial charge in [0.05, 0.1) is 20.3 Å². The number of ether oxygens (including phenoxy) is 3. The fourth-order valence-electron chi connectivity index (χ4n) is 3.56. The van der Waals surface area contributed by atoms with Gasteiger partial charge in [0.25, 0.3) is 0 Å². The number of hydrogen-bond acceptors (Lipinski definition) is 4. The highest BCUT2D eigenvalue weighted by molar-refractivity contribution is 5.70. The first-order valence-corrected chi connectivity index (χ1v) is 12.9. The first-order chi connectivity index (χ1) is 18.3. The van der Waals surface area contributed by atoms with Crippen LogP contribution in [0.3, 0.4) is 0 Å². The molecule has 1 N–H and O–H groups in total. The molecule has 0 aliphatic carbocycles. The second-order valence-corrected chi connectivity index (χ2v) is 9.17. The Labute approximate surface area is 225 Å². The smallest absolute Gasteiger partial charge is 0.303 e. The summed E-state index contributed by atoms with van der Waals surface area (Å²) in [7, 11) is 1.55. The van der Waals surface area contributed by atoms with Gasteiger partial charge in [-0.1, -0.05) is 56.2 Å². The summed E-state index contributed by atoms with van der Waals surface area (Å²) in [6.07, 6.45) is 3.76. The number of carboxylic acids is 1. The number of halogens is 1. The molecule has 0 amide bonds. The Bertz CT molecular complexity index is 1200. The van der Waals surface area contributed by atoms with Crippen molar-refractivity contribution in [2.45, 2.75) is 60.2 Å². The van der Waals surface area contributed by atoms with Crippen LogP contribution in [0.2, 0.25) is 0 Å². The zero-order chi connectivity index (χ0) is 27.9. The topological polar surface area (TPSA) is 65.0 Å². The Morgan fingerprint density at radius 3 is 2.37 bits per heavy atom. The van der Waals surface area contributed by atoms with Gasteiger partial charge in [0, 0.05) is 12.0 Å². The van der Waals surface area contributed by atoms with Crippen LogP contribution in [0.25, 0.3) is 11.1 Å². The summed E-state index contributed by atoms with van der Waals surface area (Å²) in [6.45, 7) is 9.36. The van der Waals surface area contributed by atoms with E-state index in [0.717, 1.165) is 27.8 Å². The predicted octanol–water partition coefficient (Wildman–Crippen LogP) is 8.00. The predicted molar refractivity (Wildman–Crippen MR) is 150 cm³/mol. The molecule has 0 fully saturated rings. The van der Waals surface area contributed by atoms with E-state index in [0.29, 0.717) is 43.3 Å². The first-order valence-electron chi connectivity index (χ1n) is 12.9. The molecule has 0 aromatic heterocycles. The van der Waals surface area contributed by atoms with E-state index >= 15 is 0 Å². The highest BCUT2D eigenvalue weighted by Gasteiger charge is 2.13. The minimum atomic E-state index is -0.830. The van der Waals surface area contributed by atoms with Crippen LogP contribution >= 0.6 is 0 Å². The van der Waals surface area contributed by atoms with E-state index in [1.165, 1.54) is 12.5 Å². The molecule has 0 heterocycles. The normalized spacial score (nSPS) is 10.3. The minimum absolute atomic E-state index is 0.0713. The Hall–Kier alpha value is -3.64. The average Bonchev–Trinajstić information content (AvgIpc) is 2.90. The third kappa shape index (κ3) is 10.4. The van der Waals surface area contributed by atoms with Crippen LogP contribution in [-0.4, -0.2) is 24.8 Å². The quantitative estimate of drug-likeness (QED) is 0.193. The maximum absolute atomic E-state index is 14.7. The van der Waals surface area contributed by atoms with Gasteiger partial charge in [0.15, 0.2) is 0 Å². The molecule has 0 saturated heterocycles. The summed E-state index contributed by atoms with van der Waals surface area (Å²) in [5, 5.41) is 8.90. The van der Waals surface area contributed by atoms with Crippen molar-refractivity contribution >= 4 is 5.97 Å². The van der Waals surface area contributed by atoms with Crippen LogP contribution in [0, 0.1) is 5.82 Å². The standard InChI is InChI=1S/C29H31FO5.C3H8/c1-20(2)13-14-34-19-23-15-22(7-10-26(23)27-17-24(33-3)9-11-28(27)30)18-35-25-6-4-5-21(16-25)8-12-29(31)32;1-3-2/h4-7,9-11,13,15-17H,8,12,14,18-19H2,1-3H3,(H,31,32);3H2,1-2H3. The number of carbonyl (C=O) groups is 1. The fourth-order valence-corrected chi connectivity index (χ4v) is 3.56. The van der Waals surface area contributed by atoms with Crippen molar-refractivity contribution < 1.29 is 28.5 Å². The van der Waals surface area contributed by atoms with Crippen molar-refractivity contribution in [3.8, 4) is 22.6 Å². The van der Waals surface area contributed by atoms with Crippen LogP contribution in [0.4, 0.5) is 4.39 Å². The Kier molecular flexibility index (Phi) is 13.1. The number of aryl methyl sites for hydroxylation is 1. The van der Waals surface area contributed by atoms with Gasteiger partial charge in [-0.2, -0.15) is 0 Å². The lowest BCUT2D eigenvalue weighted by atomic mass is 9.97. The number of methoxy groups -OCH3 is 1. The zero-order valence-electron chi connectivity index (χ0n) is 23.1. The molecule has 204 valence electrons. The zero-order valence-corrected chi connectivity index (χ0v) is 23.1. The van der Waals surface area contributed by atoms with E-state index < -0.39 is 5.97 Å². The Morgan fingerprint density at radius 2 is 1.68 bits per heavy atom. The van der Waals surface area contributed by atoms with Crippen LogP contribution in [0.15, 0.2) is 72.3 Å². The summed E-state index contributed by atoms with van der Waals surface area (Å²) < 4.78 is 31.8. The van der Waals surface area contributed by atoms with E-state index in [4.69, 9.17) is 19.3 Å². The van der Waals surface area contributed by atoms with E-state index in [2.05, 4.69) is 13.8 Å². The van der Waals surface area contributed by atoms with Gasteiger partial charge >= 0.3 is 5.97 Å². The lowest BCUT2D eigenvalue weighted by Crippen LogP contribution is -2.02. The fraction of sp³-hybridized carbons (Fsp3) is 0.344. The van der Waals surface area contributed by atoms with Gasteiger partial charge in [-0.05, 0) is 78.9 Å². The molecule has 38 heavy (non-hydrogen) atoms. The van der Waals surface area contributed by atoms with Crippen LogP contribution in [0.1, 0.15) is 57.2 Å². The summed E-state index contributed by atoms with van der Waals surface area (Å²) >= 11 is 0. The highest BCUT2D eigenvalue weighted by Crippen LogP contribution is 2.31. The second kappa shape index (κ2) is 16.3. The number of benzene rings is 3. The SMILES string of the molecule is CCC.COc1ccc(F)c(-c2ccc(COc3cccc(CCC(=O)O)c3)cc2COCC=C(C)C)c1. The van der Waals surface area contributed by atoms with Gasteiger partial charge in [0.2, 0.25) is 0 Å². The van der Waals surface area contributed by atoms with E-state index in [1.807, 2.05) is 62.4 Å². The van der Waals surface area contributed by atoms with E-state index in [1.54, 1.807) is 19.2 Å². The molecule has 6 heteroatoms. The number of rotatable bonds is 12. The monoisotopic (exact) mass is 522 g/mol. The minimum Gasteiger partial charge on any atom is -0.497 e. The van der Waals surface area contributed by atoms with Crippen LogP contribution in [-0.2, 0) is 29.2 Å². The summed E-state index contributed by atoms with van der Waals surface area (Å²) in [5.41, 5.74) is 5.00. The molecule has 0 spiro atoms. The number of carboxylic acid groups (broad SMARTS) is 1. The Morgan fingerprint density at radius 1 is 0.921 bits per heavy atom. The molecular weight excluding hydrogens is 483 g/mol. The van der Waals surface area contributed by atoms with Crippen LogP contribution < -0.4 is 9.47 Å². The van der Waals surface area contributed by atoms with Gasteiger partial charge in [0.1, 0.15) is 23.9 Å². The number of allylic oxidation sites excluding steroid dienone is 1. The van der Waals surface area contributed by atoms with Gasteiger partial charge in [-0.25, -0.2) is 4.39 Å². The third-order valence-corrected chi connectivity index (χ3v) is 5.43. The molecule has 0 radical (unpaired) electrons. The maximum Gasteiger partial charge on any atom is 0.303 e. The molecule has 0 aliphatic rings. The lowest BCUT2D eigenvalue weighted by Gasteiger charge is -2.15. The van der Waals surface area contributed by atoms with Crippen molar-refractivity contribution in [3.63, 3.8) is 0 Å². The number of aliphatic carboxylic acids is 1. The molecule has 3 aromatic rings. The van der Waals surface area contributed by atoms with E-state index in [9.17, 15) is 9.18 Å². The van der Waals surface area contributed by atoms with Crippen molar-refractivity contribution in [2.75, 3.05) is 13.7 Å². The molecule has 0 bridgehead atoms. The molecule has 5 nitrogen and oxygen atoms in total. The van der Waals surface area contributed by atoms with E-state index in [-0.39, 0.29) is 12.2 Å². The maximum atomic E-state index is 14.7. The third-order valence-electron chi connectivity index (χ3n) is 5.43. The second-order valence-electron chi connectivity index (χ2n) is 9.17.